The summed E-state index contributed by atoms with van der Waals surface area (Å²) in [4.78, 5) is 0. The Kier molecular flexibility index (Phi) is 1.26. The van der Waals surface area contributed by atoms with E-state index in [0.29, 0.717) is 5.69 Å². The van der Waals surface area contributed by atoms with Gasteiger partial charge in [0.25, 0.3) is 0 Å². The van der Waals surface area contributed by atoms with Crippen molar-refractivity contribution in [3.8, 4) is 11.5 Å². The molecule has 6 heteroatoms. The molecular formula is C6H6N4O2. The Bertz CT molecular complexity index is 353. The Morgan fingerprint density at radius 1 is 1.25 bits per heavy atom. The fraction of sp³-hybridized carbons (Fsp3) is 0. The van der Waals surface area contributed by atoms with Crippen molar-refractivity contribution in [2.45, 2.75) is 0 Å². The molecule has 2 heterocycles. The first-order chi connectivity index (χ1) is 5.79. The maximum atomic E-state index is 9.17. The van der Waals surface area contributed by atoms with Gasteiger partial charge in [0, 0.05) is 6.20 Å². The molecule has 0 atom stereocenters. The average Bonchev–Trinajstić information content (AvgIpc) is 2.59. The zero-order chi connectivity index (χ0) is 8.55. The molecule has 12 heavy (non-hydrogen) atoms. The molecule has 0 amide bonds. The molecule has 0 aromatic carbocycles. The zero-order valence-electron chi connectivity index (χ0n) is 5.99. The Balaban J connectivity index is 2.57. The largest absolute Gasteiger partial charge is 0.428 e. The lowest BCUT2D eigenvalue weighted by atomic mass is 10.4. The van der Waals surface area contributed by atoms with Crippen molar-refractivity contribution in [2.75, 3.05) is 0 Å². The minimum Gasteiger partial charge on any atom is -0.428 e. The minimum absolute atomic E-state index is 0.197. The summed E-state index contributed by atoms with van der Waals surface area (Å²) in [7, 11) is 0. The van der Waals surface area contributed by atoms with Crippen molar-refractivity contribution in [1.29, 1.82) is 0 Å². The summed E-state index contributed by atoms with van der Waals surface area (Å²) < 4.78 is 1.60. The quantitative estimate of drug-likeness (QED) is 0.594. The fourth-order valence-electron chi connectivity index (χ4n) is 0.948. The predicted molar refractivity (Wildman–Crippen MR) is 37.8 cm³/mol. The highest BCUT2D eigenvalue weighted by atomic mass is 16.5. The average molecular weight is 166 g/mol. The van der Waals surface area contributed by atoms with Gasteiger partial charge in [-0.1, -0.05) is 0 Å². The standard InChI is InChI=1S/C6H6N4O2/c11-9-3-1-2-5(9)6-8-7-4-10(6)12/h1-4,11-12H. The van der Waals surface area contributed by atoms with Crippen LogP contribution < -0.4 is 0 Å². The van der Waals surface area contributed by atoms with Crippen molar-refractivity contribution in [2.24, 2.45) is 0 Å². The molecule has 0 aliphatic rings. The third kappa shape index (κ3) is 0.815. The lowest BCUT2D eigenvalue weighted by molar-refractivity contribution is 0.175. The van der Waals surface area contributed by atoms with E-state index in [9.17, 15) is 5.21 Å². The summed E-state index contributed by atoms with van der Waals surface area (Å²) in [5.74, 6) is 0.197. The molecule has 2 N–H and O–H groups in total. The summed E-state index contributed by atoms with van der Waals surface area (Å²) in [6, 6.07) is 3.24. The molecule has 2 aromatic rings. The van der Waals surface area contributed by atoms with Gasteiger partial charge in [-0.3, -0.25) is 0 Å². The van der Waals surface area contributed by atoms with Gasteiger partial charge >= 0.3 is 0 Å². The van der Waals surface area contributed by atoms with Crippen molar-refractivity contribution in [1.82, 2.24) is 19.7 Å². The van der Waals surface area contributed by atoms with Crippen molar-refractivity contribution < 1.29 is 10.4 Å². The maximum Gasteiger partial charge on any atom is 0.218 e. The van der Waals surface area contributed by atoms with Crippen LogP contribution in [0.5, 0.6) is 0 Å². The fourth-order valence-corrected chi connectivity index (χ4v) is 0.948. The molecule has 0 aliphatic heterocycles. The van der Waals surface area contributed by atoms with Gasteiger partial charge < -0.3 is 10.4 Å². The monoisotopic (exact) mass is 166 g/mol. The number of hydrogen-bond donors (Lipinski definition) is 2. The summed E-state index contributed by atoms with van der Waals surface area (Å²) in [6.07, 6.45) is 2.58. The van der Waals surface area contributed by atoms with Crippen LogP contribution in [0.25, 0.3) is 11.5 Å². The third-order valence-electron chi connectivity index (χ3n) is 1.49. The van der Waals surface area contributed by atoms with Crippen LogP contribution in [-0.2, 0) is 0 Å². The SMILES string of the molecule is On1cccc1-c1nncn1O. The molecule has 0 unspecified atom stereocenters. The van der Waals surface area contributed by atoms with Gasteiger partial charge in [-0.05, 0) is 12.1 Å². The van der Waals surface area contributed by atoms with E-state index in [1.54, 1.807) is 12.1 Å². The lowest BCUT2D eigenvalue weighted by Crippen LogP contribution is -1.98. The first-order valence-electron chi connectivity index (χ1n) is 3.25. The Morgan fingerprint density at radius 3 is 2.58 bits per heavy atom. The molecule has 0 spiro atoms. The van der Waals surface area contributed by atoms with E-state index < -0.39 is 0 Å². The van der Waals surface area contributed by atoms with Gasteiger partial charge in [0.05, 0.1) is 0 Å². The van der Waals surface area contributed by atoms with Crippen LogP contribution >= 0.6 is 0 Å². The first kappa shape index (κ1) is 6.71. The van der Waals surface area contributed by atoms with Crippen LogP contribution in [0, 0.1) is 0 Å². The van der Waals surface area contributed by atoms with Crippen molar-refractivity contribution >= 4 is 0 Å². The topological polar surface area (TPSA) is 76.1 Å². The van der Waals surface area contributed by atoms with Crippen LogP contribution in [0.15, 0.2) is 24.7 Å². The van der Waals surface area contributed by atoms with E-state index in [2.05, 4.69) is 10.2 Å². The smallest absolute Gasteiger partial charge is 0.218 e. The second-order valence-electron chi connectivity index (χ2n) is 2.24. The molecule has 0 saturated heterocycles. The van der Waals surface area contributed by atoms with Crippen LogP contribution in [0.2, 0.25) is 0 Å². The van der Waals surface area contributed by atoms with Gasteiger partial charge in [-0.2, -0.15) is 9.46 Å². The molecule has 0 radical (unpaired) electrons. The summed E-state index contributed by atoms with van der Waals surface area (Å²) >= 11 is 0. The van der Waals surface area contributed by atoms with E-state index in [0.717, 1.165) is 15.8 Å². The number of rotatable bonds is 1. The van der Waals surface area contributed by atoms with Crippen molar-refractivity contribution in [3.63, 3.8) is 0 Å². The third-order valence-corrected chi connectivity index (χ3v) is 1.49. The van der Waals surface area contributed by atoms with E-state index in [1.165, 1.54) is 6.20 Å². The molecule has 0 bridgehead atoms. The van der Waals surface area contributed by atoms with Gasteiger partial charge in [-0.25, -0.2) is 0 Å². The van der Waals surface area contributed by atoms with E-state index in [-0.39, 0.29) is 5.82 Å². The van der Waals surface area contributed by atoms with Crippen LogP contribution in [0.3, 0.4) is 0 Å². The van der Waals surface area contributed by atoms with E-state index >= 15 is 0 Å². The summed E-state index contributed by atoms with van der Waals surface area (Å²) in [6.45, 7) is 0. The Labute approximate surface area is 67.2 Å². The summed E-state index contributed by atoms with van der Waals surface area (Å²) in [5, 5.41) is 25.3. The molecule has 0 saturated carbocycles. The number of aromatic nitrogens is 4. The highest BCUT2D eigenvalue weighted by molar-refractivity contribution is 5.48. The van der Waals surface area contributed by atoms with Crippen molar-refractivity contribution in [3.05, 3.63) is 24.7 Å². The molecule has 62 valence electrons. The number of nitrogens with zero attached hydrogens (tertiary/aromatic N) is 4. The minimum atomic E-state index is 0.197. The van der Waals surface area contributed by atoms with Gasteiger partial charge in [-0.15, -0.1) is 10.2 Å². The first-order valence-corrected chi connectivity index (χ1v) is 3.25. The van der Waals surface area contributed by atoms with Gasteiger partial charge in [0.1, 0.15) is 5.69 Å². The Morgan fingerprint density at radius 2 is 2.08 bits per heavy atom. The predicted octanol–water partition coefficient (Wildman–Crippen LogP) is 0.221. The molecular weight excluding hydrogens is 160 g/mol. The van der Waals surface area contributed by atoms with Gasteiger partial charge in [0.15, 0.2) is 6.33 Å². The van der Waals surface area contributed by atoms with Crippen LogP contribution in [0.1, 0.15) is 0 Å². The second-order valence-corrected chi connectivity index (χ2v) is 2.24. The second kappa shape index (κ2) is 2.26. The van der Waals surface area contributed by atoms with E-state index in [4.69, 9.17) is 5.21 Å². The molecule has 6 nitrogen and oxygen atoms in total. The lowest BCUT2D eigenvalue weighted by Gasteiger charge is -1.98. The maximum absolute atomic E-state index is 9.17. The normalized spacial score (nSPS) is 10.3. The summed E-state index contributed by atoms with van der Waals surface area (Å²) in [5.41, 5.74) is 0.384. The molecule has 2 rings (SSSR count). The van der Waals surface area contributed by atoms with Crippen LogP contribution in [0.4, 0.5) is 0 Å². The van der Waals surface area contributed by atoms with Crippen LogP contribution in [-0.4, -0.2) is 30.1 Å². The molecule has 0 aliphatic carbocycles. The molecule has 0 fully saturated rings. The molecule has 2 aromatic heterocycles. The highest BCUT2D eigenvalue weighted by Gasteiger charge is 2.09. The van der Waals surface area contributed by atoms with Gasteiger partial charge in [0.2, 0.25) is 5.82 Å². The zero-order valence-corrected chi connectivity index (χ0v) is 5.99. The Hall–Kier alpha value is -1.98. The highest BCUT2D eigenvalue weighted by Crippen LogP contribution is 2.13. The number of hydrogen-bond acceptors (Lipinski definition) is 4. The van der Waals surface area contributed by atoms with E-state index in [1.807, 2.05) is 0 Å².